The predicted octanol–water partition coefficient (Wildman–Crippen LogP) is 4.07. The van der Waals surface area contributed by atoms with Crippen LogP contribution in [0, 0.1) is 0 Å². The Morgan fingerprint density at radius 3 is 2.61 bits per heavy atom. The molecule has 124 valence electrons. The highest BCUT2D eigenvalue weighted by molar-refractivity contribution is 6.32. The number of nitrogens with one attached hydrogen (secondary N) is 1. The first kappa shape index (κ1) is 17.3. The molecule has 1 unspecified atom stereocenters. The number of amides is 1. The van der Waals surface area contributed by atoms with E-state index in [1.54, 1.807) is 19.1 Å². The number of aromatic nitrogens is 2. The summed E-state index contributed by atoms with van der Waals surface area (Å²) in [6.07, 6.45) is -4.00. The Morgan fingerprint density at radius 2 is 2.04 bits per heavy atom. The van der Waals surface area contributed by atoms with Crippen LogP contribution < -0.4 is 5.32 Å². The molecular formula is C15H15ClF3N3O. The maximum Gasteiger partial charge on any atom is 0.435 e. The van der Waals surface area contributed by atoms with Crippen LogP contribution >= 0.6 is 11.6 Å². The van der Waals surface area contributed by atoms with Crippen LogP contribution in [0.3, 0.4) is 0 Å². The molecule has 1 aromatic carbocycles. The van der Waals surface area contributed by atoms with E-state index >= 15 is 0 Å². The molecule has 8 heteroatoms. The number of nitrogens with zero attached hydrogens (tertiary/aromatic N) is 2. The Kier molecular flexibility index (Phi) is 4.99. The van der Waals surface area contributed by atoms with E-state index in [0.717, 1.165) is 10.7 Å². The summed E-state index contributed by atoms with van der Waals surface area (Å²) in [6, 6.07) is 6.80. The molecule has 0 fully saturated rings. The summed E-state index contributed by atoms with van der Waals surface area (Å²) in [5.41, 5.74) is -1.16. The van der Waals surface area contributed by atoms with Crippen LogP contribution in [-0.4, -0.2) is 21.7 Å². The van der Waals surface area contributed by atoms with E-state index in [-0.39, 0.29) is 22.4 Å². The van der Waals surface area contributed by atoms with Crippen molar-refractivity contribution in [2.75, 3.05) is 0 Å². The van der Waals surface area contributed by atoms with E-state index in [1.165, 1.54) is 12.1 Å². The summed E-state index contributed by atoms with van der Waals surface area (Å²) in [5, 5.41) is 6.34. The Morgan fingerprint density at radius 1 is 1.39 bits per heavy atom. The zero-order chi connectivity index (χ0) is 17.2. The number of rotatable bonds is 4. The van der Waals surface area contributed by atoms with Gasteiger partial charge in [-0.1, -0.05) is 30.7 Å². The van der Waals surface area contributed by atoms with E-state index in [9.17, 15) is 18.0 Å². The molecule has 0 aliphatic heterocycles. The lowest BCUT2D eigenvalue weighted by Gasteiger charge is -2.13. The number of halogens is 4. The van der Waals surface area contributed by atoms with E-state index in [0.29, 0.717) is 6.42 Å². The minimum Gasteiger partial charge on any atom is -0.348 e. The molecule has 0 saturated carbocycles. The fourth-order valence-corrected chi connectivity index (χ4v) is 2.10. The molecule has 2 aromatic rings. The van der Waals surface area contributed by atoms with Crippen LogP contribution in [-0.2, 0) is 6.18 Å². The van der Waals surface area contributed by atoms with Gasteiger partial charge in [0.2, 0.25) is 0 Å². The van der Waals surface area contributed by atoms with Crippen LogP contribution in [0.1, 0.15) is 36.5 Å². The average Bonchev–Trinajstić information content (AvgIpc) is 2.92. The van der Waals surface area contributed by atoms with Crippen molar-refractivity contribution < 1.29 is 18.0 Å². The third kappa shape index (κ3) is 3.85. The maximum absolute atomic E-state index is 12.9. The van der Waals surface area contributed by atoms with Crippen molar-refractivity contribution in [1.29, 1.82) is 0 Å². The summed E-state index contributed by atoms with van der Waals surface area (Å²) in [5.74, 6) is -0.637. The van der Waals surface area contributed by atoms with Gasteiger partial charge < -0.3 is 5.32 Å². The lowest BCUT2D eigenvalue weighted by Crippen LogP contribution is -2.33. The fraction of sp³-hybridized carbons (Fsp3) is 0.333. The number of hydrogen-bond donors (Lipinski definition) is 1. The smallest absolute Gasteiger partial charge is 0.348 e. The van der Waals surface area contributed by atoms with Gasteiger partial charge in [0, 0.05) is 12.1 Å². The SMILES string of the molecule is CCC(C)NC(=O)c1cc(C(F)(F)F)nn1-c1ccccc1Cl. The minimum atomic E-state index is -4.65. The van der Waals surface area contributed by atoms with Gasteiger partial charge in [0.1, 0.15) is 5.69 Å². The van der Waals surface area contributed by atoms with Gasteiger partial charge in [0.05, 0.1) is 10.7 Å². The van der Waals surface area contributed by atoms with E-state index in [2.05, 4.69) is 10.4 Å². The second kappa shape index (κ2) is 6.62. The van der Waals surface area contributed by atoms with Crippen LogP contribution in [0.4, 0.5) is 13.2 Å². The molecule has 0 bridgehead atoms. The first-order chi connectivity index (χ1) is 10.7. The van der Waals surface area contributed by atoms with Crippen molar-refractivity contribution in [2.24, 2.45) is 0 Å². The molecular weight excluding hydrogens is 331 g/mol. The van der Waals surface area contributed by atoms with Gasteiger partial charge in [-0.2, -0.15) is 18.3 Å². The zero-order valence-electron chi connectivity index (χ0n) is 12.5. The third-order valence-electron chi connectivity index (χ3n) is 3.30. The van der Waals surface area contributed by atoms with Crippen LogP contribution in [0.2, 0.25) is 5.02 Å². The first-order valence-corrected chi connectivity index (χ1v) is 7.34. The molecule has 23 heavy (non-hydrogen) atoms. The Hall–Kier alpha value is -2.02. The minimum absolute atomic E-state index is 0.175. The van der Waals surface area contributed by atoms with Gasteiger partial charge in [0.25, 0.3) is 5.91 Å². The largest absolute Gasteiger partial charge is 0.435 e. The molecule has 1 atom stereocenters. The van der Waals surface area contributed by atoms with Crippen molar-refractivity contribution in [3.8, 4) is 5.69 Å². The molecule has 4 nitrogen and oxygen atoms in total. The molecule has 0 spiro atoms. The number of carbonyl (C=O) groups excluding carboxylic acids is 1. The molecule has 2 rings (SSSR count). The topological polar surface area (TPSA) is 46.9 Å². The number of carbonyl (C=O) groups is 1. The number of alkyl halides is 3. The third-order valence-corrected chi connectivity index (χ3v) is 3.62. The van der Waals surface area contributed by atoms with Crippen LogP contribution in [0.15, 0.2) is 30.3 Å². The van der Waals surface area contributed by atoms with Gasteiger partial charge in [-0.15, -0.1) is 0 Å². The Bertz CT molecular complexity index is 712. The quantitative estimate of drug-likeness (QED) is 0.907. The molecule has 0 saturated heterocycles. The monoisotopic (exact) mass is 345 g/mol. The van der Waals surface area contributed by atoms with Gasteiger partial charge in [-0.3, -0.25) is 4.79 Å². The van der Waals surface area contributed by atoms with Gasteiger partial charge in [-0.05, 0) is 25.5 Å². The number of benzene rings is 1. The average molecular weight is 346 g/mol. The normalized spacial score (nSPS) is 13.0. The standard InChI is InChI=1S/C15H15ClF3N3O/c1-3-9(2)20-14(23)12-8-13(15(17,18)19)21-22(12)11-7-5-4-6-10(11)16/h4-9H,3H2,1-2H3,(H,20,23). The number of hydrogen-bond acceptors (Lipinski definition) is 2. The van der Waals surface area contributed by atoms with Crippen molar-refractivity contribution >= 4 is 17.5 Å². The van der Waals surface area contributed by atoms with Crippen molar-refractivity contribution in [3.63, 3.8) is 0 Å². The molecule has 0 aliphatic rings. The highest BCUT2D eigenvalue weighted by Crippen LogP contribution is 2.30. The summed E-state index contributed by atoms with van der Waals surface area (Å²) >= 11 is 6.02. The summed E-state index contributed by atoms with van der Waals surface area (Å²) in [6.45, 7) is 3.62. The molecule has 1 aromatic heterocycles. The lowest BCUT2D eigenvalue weighted by molar-refractivity contribution is -0.141. The van der Waals surface area contributed by atoms with Gasteiger partial charge in [-0.25, -0.2) is 4.68 Å². The van der Waals surface area contributed by atoms with E-state index < -0.39 is 17.8 Å². The first-order valence-electron chi connectivity index (χ1n) is 6.97. The second-order valence-electron chi connectivity index (χ2n) is 5.06. The second-order valence-corrected chi connectivity index (χ2v) is 5.47. The predicted molar refractivity (Wildman–Crippen MR) is 80.8 cm³/mol. The van der Waals surface area contributed by atoms with Crippen LogP contribution in [0.25, 0.3) is 5.69 Å². The summed E-state index contributed by atoms with van der Waals surface area (Å²) < 4.78 is 39.8. The molecule has 0 radical (unpaired) electrons. The van der Waals surface area contributed by atoms with Crippen molar-refractivity contribution in [2.45, 2.75) is 32.5 Å². The Labute approximate surface area is 136 Å². The molecule has 1 heterocycles. The van der Waals surface area contributed by atoms with Gasteiger partial charge >= 0.3 is 6.18 Å². The molecule has 1 N–H and O–H groups in total. The highest BCUT2D eigenvalue weighted by Gasteiger charge is 2.36. The van der Waals surface area contributed by atoms with E-state index in [4.69, 9.17) is 11.6 Å². The fourth-order valence-electron chi connectivity index (χ4n) is 1.89. The zero-order valence-corrected chi connectivity index (χ0v) is 13.2. The van der Waals surface area contributed by atoms with Crippen LogP contribution in [0.5, 0.6) is 0 Å². The Balaban J connectivity index is 2.54. The van der Waals surface area contributed by atoms with Crippen molar-refractivity contribution in [3.05, 3.63) is 46.7 Å². The summed E-state index contributed by atoms with van der Waals surface area (Å²) in [7, 11) is 0. The molecule has 1 amide bonds. The van der Waals surface area contributed by atoms with E-state index in [1.807, 2.05) is 6.92 Å². The highest BCUT2D eigenvalue weighted by atomic mass is 35.5. The van der Waals surface area contributed by atoms with Gasteiger partial charge in [0.15, 0.2) is 5.69 Å². The maximum atomic E-state index is 12.9. The lowest BCUT2D eigenvalue weighted by atomic mass is 10.2. The van der Waals surface area contributed by atoms with Crippen molar-refractivity contribution in [1.82, 2.24) is 15.1 Å². The number of para-hydroxylation sites is 1. The molecule has 0 aliphatic carbocycles. The summed E-state index contributed by atoms with van der Waals surface area (Å²) in [4.78, 5) is 12.3.